The summed E-state index contributed by atoms with van der Waals surface area (Å²) >= 11 is 1.62. The number of hydrogen-bond donors (Lipinski definition) is 1. The van der Waals surface area contributed by atoms with Gasteiger partial charge in [-0.2, -0.15) is 0 Å². The Morgan fingerprint density at radius 2 is 1.85 bits per heavy atom. The number of nitrogens with zero attached hydrogens (tertiary/aromatic N) is 1. The van der Waals surface area contributed by atoms with E-state index in [0.29, 0.717) is 23.5 Å². The molecule has 0 amide bonds. The number of para-hydroxylation sites is 1. The summed E-state index contributed by atoms with van der Waals surface area (Å²) in [6, 6.07) is 20.1. The highest BCUT2D eigenvalue weighted by Crippen LogP contribution is 2.28. The van der Waals surface area contributed by atoms with Crippen LogP contribution in [0.5, 0.6) is 5.75 Å². The molecule has 0 bridgehead atoms. The summed E-state index contributed by atoms with van der Waals surface area (Å²) in [6.45, 7) is 2.02. The first kappa shape index (κ1) is 17.6. The lowest BCUT2D eigenvalue weighted by molar-refractivity contribution is 0.199. The van der Waals surface area contributed by atoms with E-state index in [2.05, 4.69) is 4.98 Å². The van der Waals surface area contributed by atoms with E-state index in [1.165, 1.54) is 6.07 Å². The zero-order valence-electron chi connectivity index (χ0n) is 14.7. The Kier molecular flexibility index (Phi) is 4.88. The molecule has 3 aromatic carbocycles. The molecule has 1 atom stereocenters. The van der Waals surface area contributed by atoms with Crippen molar-refractivity contribution in [1.29, 1.82) is 0 Å². The molecule has 3 nitrogen and oxygen atoms in total. The molecule has 0 fully saturated rings. The number of thiazole rings is 1. The smallest absolute Gasteiger partial charge is 0.140 e. The van der Waals surface area contributed by atoms with Crippen molar-refractivity contribution in [1.82, 2.24) is 4.98 Å². The van der Waals surface area contributed by atoms with Gasteiger partial charge in [0.05, 0.1) is 16.3 Å². The van der Waals surface area contributed by atoms with E-state index in [0.717, 1.165) is 20.8 Å². The third-order valence-electron chi connectivity index (χ3n) is 4.34. The van der Waals surface area contributed by atoms with E-state index in [1.54, 1.807) is 30.4 Å². The molecule has 27 heavy (non-hydrogen) atoms. The molecule has 4 rings (SSSR count). The lowest BCUT2D eigenvalue weighted by atomic mass is 10.0. The highest BCUT2D eigenvalue weighted by molar-refractivity contribution is 7.18. The van der Waals surface area contributed by atoms with Gasteiger partial charge in [-0.1, -0.05) is 36.4 Å². The lowest BCUT2D eigenvalue weighted by Crippen LogP contribution is -1.95. The molecule has 0 aliphatic rings. The van der Waals surface area contributed by atoms with Crippen LogP contribution in [0.15, 0.2) is 66.7 Å². The van der Waals surface area contributed by atoms with Gasteiger partial charge in [-0.05, 0) is 48.4 Å². The van der Waals surface area contributed by atoms with Crippen LogP contribution in [0.3, 0.4) is 0 Å². The fourth-order valence-corrected chi connectivity index (χ4v) is 3.76. The van der Waals surface area contributed by atoms with Crippen molar-refractivity contribution >= 4 is 21.6 Å². The minimum atomic E-state index is -0.688. The summed E-state index contributed by atoms with van der Waals surface area (Å²) < 4.78 is 21.3. The second kappa shape index (κ2) is 7.47. The Bertz CT molecular complexity index is 1040. The molecule has 1 unspecified atom stereocenters. The molecule has 0 aliphatic carbocycles. The number of hydrogen-bond acceptors (Lipinski definition) is 4. The molecule has 136 valence electrons. The van der Waals surface area contributed by atoms with Crippen molar-refractivity contribution in [3.63, 3.8) is 0 Å². The first-order chi connectivity index (χ1) is 13.1. The predicted molar refractivity (Wildman–Crippen MR) is 106 cm³/mol. The monoisotopic (exact) mass is 379 g/mol. The van der Waals surface area contributed by atoms with Crippen LogP contribution in [-0.2, 0) is 6.61 Å². The van der Waals surface area contributed by atoms with Gasteiger partial charge in [0.1, 0.15) is 23.2 Å². The van der Waals surface area contributed by atoms with E-state index < -0.39 is 6.10 Å². The van der Waals surface area contributed by atoms with E-state index >= 15 is 0 Å². The molecule has 4 aromatic rings. The Labute approximate surface area is 160 Å². The van der Waals surface area contributed by atoms with Crippen LogP contribution in [0, 0.1) is 5.82 Å². The van der Waals surface area contributed by atoms with Gasteiger partial charge in [-0.25, -0.2) is 9.37 Å². The Morgan fingerprint density at radius 1 is 1.07 bits per heavy atom. The maximum absolute atomic E-state index is 14.3. The zero-order valence-corrected chi connectivity index (χ0v) is 15.5. The Hall–Kier alpha value is -2.76. The summed E-state index contributed by atoms with van der Waals surface area (Å²) in [6.07, 6.45) is -0.688. The molecular formula is C22H18FNO2S. The number of aliphatic hydroxyl groups excluding tert-OH is 1. The fourth-order valence-electron chi connectivity index (χ4n) is 2.88. The van der Waals surface area contributed by atoms with Crippen molar-refractivity contribution in [2.24, 2.45) is 0 Å². The van der Waals surface area contributed by atoms with Gasteiger partial charge in [-0.3, -0.25) is 0 Å². The van der Waals surface area contributed by atoms with Gasteiger partial charge in [0.25, 0.3) is 0 Å². The third-order valence-corrected chi connectivity index (χ3v) is 5.35. The van der Waals surface area contributed by atoms with Gasteiger partial charge in [0, 0.05) is 5.56 Å². The molecule has 5 heteroatoms. The van der Waals surface area contributed by atoms with E-state index in [1.807, 2.05) is 48.5 Å². The zero-order chi connectivity index (χ0) is 18.8. The van der Waals surface area contributed by atoms with Gasteiger partial charge in [0.2, 0.25) is 0 Å². The fraction of sp³-hybridized carbons (Fsp3) is 0.136. The summed E-state index contributed by atoms with van der Waals surface area (Å²) in [5.41, 5.74) is 2.80. The average Bonchev–Trinajstić information content (AvgIpc) is 3.10. The molecule has 0 radical (unpaired) electrons. The number of ether oxygens (including phenoxy) is 1. The van der Waals surface area contributed by atoms with Crippen molar-refractivity contribution in [2.75, 3.05) is 0 Å². The average molecular weight is 379 g/mol. The van der Waals surface area contributed by atoms with Crippen molar-refractivity contribution in [3.05, 3.63) is 83.1 Å². The Balaban J connectivity index is 1.47. The van der Waals surface area contributed by atoms with Gasteiger partial charge < -0.3 is 9.84 Å². The molecule has 1 aromatic heterocycles. The first-order valence-electron chi connectivity index (χ1n) is 8.65. The first-order valence-corrected chi connectivity index (χ1v) is 9.47. The molecule has 1 heterocycles. The normalized spacial score (nSPS) is 12.3. The van der Waals surface area contributed by atoms with Crippen LogP contribution in [-0.4, -0.2) is 10.1 Å². The molecule has 0 saturated heterocycles. The summed E-state index contributed by atoms with van der Waals surface area (Å²) in [7, 11) is 0. The maximum Gasteiger partial charge on any atom is 0.140 e. The number of halogens is 1. The van der Waals surface area contributed by atoms with Gasteiger partial charge in [-0.15, -0.1) is 11.3 Å². The number of aromatic nitrogens is 1. The van der Waals surface area contributed by atoms with Crippen LogP contribution in [0.1, 0.15) is 23.6 Å². The van der Waals surface area contributed by atoms with Crippen LogP contribution in [0.2, 0.25) is 0 Å². The lowest BCUT2D eigenvalue weighted by Gasteiger charge is -2.09. The van der Waals surface area contributed by atoms with E-state index in [-0.39, 0.29) is 5.82 Å². The van der Waals surface area contributed by atoms with Gasteiger partial charge >= 0.3 is 0 Å². The second-order valence-electron chi connectivity index (χ2n) is 6.30. The van der Waals surface area contributed by atoms with E-state index in [4.69, 9.17) is 4.74 Å². The maximum atomic E-state index is 14.3. The highest BCUT2D eigenvalue weighted by Gasteiger charge is 2.09. The van der Waals surface area contributed by atoms with Crippen LogP contribution in [0.4, 0.5) is 4.39 Å². The minimum absolute atomic E-state index is 0.350. The largest absolute Gasteiger partial charge is 0.486 e. The number of benzene rings is 3. The van der Waals surface area contributed by atoms with Crippen LogP contribution < -0.4 is 4.74 Å². The van der Waals surface area contributed by atoms with Crippen molar-refractivity contribution in [3.8, 4) is 16.9 Å². The summed E-state index contributed by atoms with van der Waals surface area (Å²) in [5, 5.41) is 10.5. The topological polar surface area (TPSA) is 42.4 Å². The minimum Gasteiger partial charge on any atom is -0.486 e. The van der Waals surface area contributed by atoms with Gasteiger partial charge in [0.15, 0.2) is 0 Å². The third kappa shape index (κ3) is 3.84. The van der Waals surface area contributed by atoms with E-state index in [9.17, 15) is 9.50 Å². The molecular weight excluding hydrogens is 361 g/mol. The Morgan fingerprint density at radius 3 is 2.56 bits per heavy atom. The second-order valence-corrected chi connectivity index (χ2v) is 7.42. The SMILES string of the molecule is CC(O)c1ccc(-c2ccc(OCc3nc4ccccc4s3)cc2)c(F)c1. The molecule has 0 aliphatic heterocycles. The highest BCUT2D eigenvalue weighted by atomic mass is 32.1. The van der Waals surface area contributed by atoms with Crippen molar-refractivity contribution in [2.45, 2.75) is 19.6 Å². The summed E-state index contributed by atoms with van der Waals surface area (Å²) in [5.74, 6) is 0.357. The number of aliphatic hydroxyl groups is 1. The molecule has 0 spiro atoms. The number of fused-ring (bicyclic) bond motifs is 1. The quantitative estimate of drug-likeness (QED) is 0.481. The molecule has 1 N–H and O–H groups in total. The standard InChI is InChI=1S/C22H18FNO2S/c1-14(25)16-8-11-18(19(23)12-16)15-6-9-17(10-7-15)26-13-22-24-20-4-2-3-5-21(20)27-22/h2-12,14,25H,13H2,1H3. The summed E-state index contributed by atoms with van der Waals surface area (Å²) in [4.78, 5) is 4.55. The predicted octanol–water partition coefficient (Wildman–Crippen LogP) is 5.73. The van der Waals surface area contributed by atoms with Crippen LogP contribution in [0.25, 0.3) is 21.3 Å². The van der Waals surface area contributed by atoms with Crippen LogP contribution >= 0.6 is 11.3 Å². The number of rotatable bonds is 5. The molecule has 0 saturated carbocycles. The van der Waals surface area contributed by atoms with Crippen molar-refractivity contribution < 1.29 is 14.2 Å².